The molecule has 150 valence electrons. The fourth-order valence-corrected chi connectivity index (χ4v) is 3.59. The van der Waals surface area contributed by atoms with Gasteiger partial charge in [-0.1, -0.05) is 36.4 Å². The lowest BCUT2D eigenvalue weighted by Crippen LogP contribution is -2.36. The summed E-state index contributed by atoms with van der Waals surface area (Å²) in [5.74, 6) is 0.925. The third kappa shape index (κ3) is 4.32. The van der Waals surface area contributed by atoms with E-state index in [4.69, 9.17) is 9.15 Å². The monoisotopic (exact) mass is 394 g/mol. The molecular formula is C23H23FN2O3. The second-order valence-corrected chi connectivity index (χ2v) is 7.12. The average Bonchev–Trinajstić information content (AvgIpc) is 3.05. The van der Waals surface area contributed by atoms with Crippen LogP contribution in [0, 0.1) is 12.7 Å². The summed E-state index contributed by atoms with van der Waals surface area (Å²) in [6.45, 7) is 4.04. The van der Waals surface area contributed by atoms with E-state index in [1.165, 1.54) is 12.3 Å². The Bertz CT molecular complexity index is 1000. The first-order valence-corrected chi connectivity index (χ1v) is 9.65. The van der Waals surface area contributed by atoms with Crippen molar-refractivity contribution in [3.8, 4) is 5.75 Å². The molecule has 6 heteroatoms. The Morgan fingerprint density at radius 1 is 1.17 bits per heavy atom. The van der Waals surface area contributed by atoms with Crippen LogP contribution < -0.4 is 10.1 Å². The number of furan rings is 1. The molecule has 2 heterocycles. The molecule has 1 aromatic heterocycles. The highest BCUT2D eigenvalue weighted by atomic mass is 19.1. The van der Waals surface area contributed by atoms with Gasteiger partial charge in [0, 0.05) is 37.3 Å². The number of benzene rings is 2. The number of para-hydroxylation sites is 1. The van der Waals surface area contributed by atoms with Gasteiger partial charge in [0.05, 0.1) is 11.8 Å². The van der Waals surface area contributed by atoms with Crippen LogP contribution in [0.25, 0.3) is 0 Å². The van der Waals surface area contributed by atoms with E-state index in [1.807, 2.05) is 30.3 Å². The second kappa shape index (κ2) is 8.49. The zero-order chi connectivity index (χ0) is 20.2. The molecule has 0 bridgehead atoms. The molecule has 29 heavy (non-hydrogen) atoms. The van der Waals surface area contributed by atoms with E-state index in [9.17, 15) is 9.18 Å². The minimum absolute atomic E-state index is 0.159. The number of nitrogens with one attached hydrogen (secondary N) is 1. The van der Waals surface area contributed by atoms with Gasteiger partial charge in [-0.15, -0.1) is 0 Å². The van der Waals surface area contributed by atoms with Crippen LogP contribution >= 0.6 is 0 Å². The number of hydrogen-bond donors (Lipinski definition) is 1. The standard InChI is InChI=1S/C23H23FN2O3/c1-16-18(10-13-28-16)23(27)25-11-12-26-14-17-6-2-5-9-21(17)29-22(15-26)19-7-3-4-8-20(19)24/h2-10,13,22H,11-12,14-15H2,1H3,(H,25,27)/t22-/m0/s1. The molecule has 0 radical (unpaired) electrons. The summed E-state index contributed by atoms with van der Waals surface area (Å²) in [6.07, 6.45) is 1.08. The van der Waals surface area contributed by atoms with Gasteiger partial charge in [-0.3, -0.25) is 9.69 Å². The number of rotatable bonds is 5. The van der Waals surface area contributed by atoms with Gasteiger partial charge >= 0.3 is 0 Å². The third-order valence-electron chi connectivity index (χ3n) is 5.13. The maximum absolute atomic E-state index is 14.4. The van der Waals surface area contributed by atoms with Crippen LogP contribution in [0.2, 0.25) is 0 Å². The van der Waals surface area contributed by atoms with Gasteiger partial charge in [-0.25, -0.2) is 4.39 Å². The fourth-order valence-electron chi connectivity index (χ4n) is 3.59. The Hall–Kier alpha value is -3.12. The van der Waals surface area contributed by atoms with Gasteiger partial charge in [-0.05, 0) is 25.1 Å². The summed E-state index contributed by atoms with van der Waals surface area (Å²) >= 11 is 0. The molecule has 0 unspecified atom stereocenters. The van der Waals surface area contributed by atoms with Crippen molar-refractivity contribution in [3.63, 3.8) is 0 Å². The topological polar surface area (TPSA) is 54.7 Å². The lowest BCUT2D eigenvalue weighted by atomic mass is 10.1. The first-order valence-electron chi connectivity index (χ1n) is 9.65. The first-order chi connectivity index (χ1) is 14.1. The van der Waals surface area contributed by atoms with Crippen molar-refractivity contribution in [3.05, 3.63) is 89.1 Å². The predicted molar refractivity (Wildman–Crippen MR) is 107 cm³/mol. The van der Waals surface area contributed by atoms with E-state index < -0.39 is 6.10 Å². The molecule has 0 saturated heterocycles. The first kappa shape index (κ1) is 19.2. The quantitative estimate of drug-likeness (QED) is 0.708. The molecule has 1 amide bonds. The zero-order valence-electron chi connectivity index (χ0n) is 16.2. The molecule has 1 aliphatic rings. The van der Waals surface area contributed by atoms with Crippen LogP contribution in [0.15, 0.2) is 65.3 Å². The second-order valence-electron chi connectivity index (χ2n) is 7.12. The number of ether oxygens (including phenoxy) is 1. The number of carbonyl (C=O) groups is 1. The highest BCUT2D eigenvalue weighted by Gasteiger charge is 2.26. The Kier molecular flexibility index (Phi) is 5.62. The van der Waals surface area contributed by atoms with Crippen LogP contribution in [0.5, 0.6) is 5.75 Å². The van der Waals surface area contributed by atoms with Gasteiger partial charge in [-0.2, -0.15) is 0 Å². The number of halogens is 1. The molecule has 1 N–H and O–H groups in total. The maximum atomic E-state index is 14.4. The lowest BCUT2D eigenvalue weighted by Gasteiger charge is -2.24. The highest BCUT2D eigenvalue weighted by Crippen LogP contribution is 2.31. The third-order valence-corrected chi connectivity index (χ3v) is 5.13. The molecule has 5 nitrogen and oxygen atoms in total. The molecule has 3 aromatic rings. The zero-order valence-corrected chi connectivity index (χ0v) is 16.2. The van der Waals surface area contributed by atoms with E-state index in [1.54, 1.807) is 25.1 Å². The Labute approximate surface area is 169 Å². The van der Waals surface area contributed by atoms with Crippen molar-refractivity contribution in [1.29, 1.82) is 0 Å². The molecule has 0 aliphatic carbocycles. The van der Waals surface area contributed by atoms with Gasteiger partial charge < -0.3 is 14.5 Å². The Balaban J connectivity index is 1.48. The van der Waals surface area contributed by atoms with Gasteiger partial charge in [0.2, 0.25) is 0 Å². The van der Waals surface area contributed by atoms with Crippen molar-refractivity contribution < 1.29 is 18.3 Å². The van der Waals surface area contributed by atoms with Crippen LogP contribution in [0.1, 0.15) is 33.3 Å². The number of carbonyl (C=O) groups excluding carboxylic acids is 1. The minimum Gasteiger partial charge on any atom is -0.484 e. The summed E-state index contributed by atoms with van der Waals surface area (Å²) in [5, 5.41) is 2.93. The van der Waals surface area contributed by atoms with Gasteiger partial charge in [0.1, 0.15) is 23.4 Å². The SMILES string of the molecule is Cc1occc1C(=O)NCCN1Cc2ccccc2O[C@H](c2ccccc2F)C1. The Morgan fingerprint density at radius 2 is 1.97 bits per heavy atom. The predicted octanol–water partition coefficient (Wildman–Crippen LogP) is 4.09. The van der Waals surface area contributed by atoms with Crippen molar-refractivity contribution in [2.24, 2.45) is 0 Å². The van der Waals surface area contributed by atoms with Gasteiger partial charge in [0.15, 0.2) is 0 Å². The number of amides is 1. The molecule has 1 aliphatic heterocycles. The van der Waals surface area contributed by atoms with Crippen LogP contribution in [0.4, 0.5) is 4.39 Å². The summed E-state index contributed by atoms with van der Waals surface area (Å²) < 4.78 is 25.8. The van der Waals surface area contributed by atoms with E-state index in [-0.39, 0.29) is 11.7 Å². The largest absolute Gasteiger partial charge is 0.484 e. The van der Waals surface area contributed by atoms with E-state index in [0.717, 1.165) is 11.3 Å². The summed E-state index contributed by atoms with van der Waals surface area (Å²) in [5.41, 5.74) is 2.12. The smallest absolute Gasteiger partial charge is 0.254 e. The molecule has 0 spiro atoms. The van der Waals surface area contributed by atoms with E-state index in [0.29, 0.717) is 43.1 Å². The van der Waals surface area contributed by atoms with E-state index >= 15 is 0 Å². The number of hydrogen-bond acceptors (Lipinski definition) is 4. The van der Waals surface area contributed by atoms with Crippen molar-refractivity contribution in [2.45, 2.75) is 19.6 Å². The van der Waals surface area contributed by atoms with E-state index in [2.05, 4.69) is 10.2 Å². The van der Waals surface area contributed by atoms with Crippen molar-refractivity contribution in [2.75, 3.05) is 19.6 Å². The highest BCUT2D eigenvalue weighted by molar-refractivity contribution is 5.95. The molecule has 2 aromatic carbocycles. The average molecular weight is 394 g/mol. The van der Waals surface area contributed by atoms with Crippen LogP contribution in [-0.4, -0.2) is 30.4 Å². The number of fused-ring (bicyclic) bond motifs is 1. The molecular weight excluding hydrogens is 371 g/mol. The molecule has 4 rings (SSSR count). The molecule has 0 saturated carbocycles. The number of aryl methyl sites for hydroxylation is 1. The molecule has 0 fully saturated rings. The lowest BCUT2D eigenvalue weighted by molar-refractivity contribution is 0.0941. The number of nitrogens with zero attached hydrogens (tertiary/aromatic N) is 1. The van der Waals surface area contributed by atoms with Crippen LogP contribution in [-0.2, 0) is 6.54 Å². The Morgan fingerprint density at radius 3 is 2.76 bits per heavy atom. The maximum Gasteiger partial charge on any atom is 0.254 e. The van der Waals surface area contributed by atoms with Crippen molar-refractivity contribution >= 4 is 5.91 Å². The summed E-state index contributed by atoms with van der Waals surface area (Å²) in [7, 11) is 0. The minimum atomic E-state index is -0.424. The van der Waals surface area contributed by atoms with Gasteiger partial charge in [0.25, 0.3) is 5.91 Å². The summed E-state index contributed by atoms with van der Waals surface area (Å²) in [4.78, 5) is 14.5. The normalized spacial score (nSPS) is 16.6. The van der Waals surface area contributed by atoms with Crippen LogP contribution in [0.3, 0.4) is 0 Å². The molecule has 1 atom stereocenters. The fraction of sp³-hybridized carbons (Fsp3) is 0.261. The summed E-state index contributed by atoms with van der Waals surface area (Å²) in [6, 6.07) is 16.2. The van der Waals surface area contributed by atoms with Crippen molar-refractivity contribution in [1.82, 2.24) is 10.2 Å².